The molecule has 7 heteroatoms. The molecule has 0 spiro atoms. The molecule has 0 amide bonds. The maximum Gasteiger partial charge on any atom is 0.573 e. The summed E-state index contributed by atoms with van der Waals surface area (Å²) < 4.78 is 53.6. The number of para-hydroxylation sites is 1. The van der Waals surface area contributed by atoms with Gasteiger partial charge in [0, 0.05) is 27.2 Å². The van der Waals surface area contributed by atoms with Gasteiger partial charge >= 0.3 is 6.36 Å². The second kappa shape index (κ2) is 6.26. The third kappa shape index (κ3) is 3.59. The van der Waals surface area contributed by atoms with Crippen LogP contribution in [-0.4, -0.2) is 26.9 Å². The monoisotopic (exact) mass is 346 g/mol. The fourth-order valence-electron chi connectivity index (χ4n) is 3.55. The molecule has 2 heterocycles. The van der Waals surface area contributed by atoms with Crippen LogP contribution < -0.4 is 4.74 Å². The standard InChI is InChI=1S/C16H17F3O3S/c17-16(18,19)22-14-7-2-1-6-13(14)15(20)10-8-11-4-3-5-12(9-10)23(11)21/h1-2,6-7,10-12H,3-5,8-9H2. The highest BCUT2D eigenvalue weighted by Crippen LogP contribution is 2.39. The molecule has 23 heavy (non-hydrogen) atoms. The van der Waals surface area contributed by atoms with Crippen LogP contribution in [0.25, 0.3) is 0 Å². The normalized spacial score (nSPS) is 30.7. The second-order valence-electron chi connectivity index (χ2n) is 6.08. The van der Waals surface area contributed by atoms with Crippen LogP contribution in [0.4, 0.5) is 13.2 Å². The highest BCUT2D eigenvalue weighted by atomic mass is 32.2. The van der Waals surface area contributed by atoms with Gasteiger partial charge in [-0.1, -0.05) is 18.6 Å². The summed E-state index contributed by atoms with van der Waals surface area (Å²) in [6, 6.07) is 5.45. The lowest BCUT2D eigenvalue weighted by molar-refractivity contribution is -0.274. The first kappa shape index (κ1) is 16.5. The molecule has 0 saturated carbocycles. The zero-order chi connectivity index (χ0) is 16.6. The number of ether oxygens (including phenoxy) is 1. The predicted octanol–water partition coefficient (Wildman–Crippen LogP) is 3.85. The maximum absolute atomic E-state index is 12.7. The molecule has 2 bridgehead atoms. The Morgan fingerprint density at radius 2 is 1.74 bits per heavy atom. The van der Waals surface area contributed by atoms with E-state index >= 15 is 0 Å². The Labute approximate surface area is 134 Å². The molecule has 0 aromatic heterocycles. The third-order valence-corrected chi connectivity index (χ3v) is 6.72. The van der Waals surface area contributed by atoms with Gasteiger partial charge in [-0.3, -0.25) is 9.00 Å². The number of halogens is 3. The van der Waals surface area contributed by atoms with E-state index in [4.69, 9.17) is 0 Å². The molecule has 2 fully saturated rings. The molecule has 126 valence electrons. The summed E-state index contributed by atoms with van der Waals surface area (Å²) in [7, 11) is -0.914. The van der Waals surface area contributed by atoms with Gasteiger partial charge in [-0.2, -0.15) is 0 Å². The lowest BCUT2D eigenvalue weighted by Gasteiger charge is -2.37. The first-order chi connectivity index (χ1) is 10.8. The van der Waals surface area contributed by atoms with Crippen LogP contribution in [0.2, 0.25) is 0 Å². The highest BCUT2D eigenvalue weighted by Gasteiger charge is 2.41. The Morgan fingerprint density at radius 3 is 2.35 bits per heavy atom. The summed E-state index contributed by atoms with van der Waals surface area (Å²) in [5, 5.41) is -0.0145. The van der Waals surface area contributed by atoms with E-state index in [-0.39, 0.29) is 27.8 Å². The van der Waals surface area contributed by atoms with Crippen molar-refractivity contribution >= 4 is 16.6 Å². The fraction of sp³-hybridized carbons (Fsp3) is 0.562. The predicted molar refractivity (Wildman–Crippen MR) is 79.7 cm³/mol. The first-order valence-corrected chi connectivity index (χ1v) is 8.91. The van der Waals surface area contributed by atoms with E-state index < -0.39 is 22.9 Å². The Kier molecular flexibility index (Phi) is 4.49. The van der Waals surface area contributed by atoms with Crippen molar-refractivity contribution in [2.45, 2.75) is 49.0 Å². The van der Waals surface area contributed by atoms with Crippen LogP contribution in [0.3, 0.4) is 0 Å². The van der Waals surface area contributed by atoms with E-state index in [0.717, 1.165) is 25.3 Å². The number of fused-ring (bicyclic) bond motifs is 2. The Hall–Kier alpha value is -1.37. The van der Waals surface area contributed by atoms with Crippen LogP contribution in [-0.2, 0) is 10.8 Å². The van der Waals surface area contributed by atoms with Crippen LogP contribution in [0.5, 0.6) is 5.75 Å². The van der Waals surface area contributed by atoms with Gasteiger partial charge in [0.25, 0.3) is 0 Å². The van der Waals surface area contributed by atoms with Crippen molar-refractivity contribution in [2.24, 2.45) is 5.92 Å². The molecule has 1 aromatic carbocycles. The van der Waals surface area contributed by atoms with E-state index in [1.54, 1.807) is 0 Å². The summed E-state index contributed by atoms with van der Waals surface area (Å²) in [6.07, 6.45) is -1.19. The lowest BCUT2D eigenvalue weighted by Crippen LogP contribution is -2.41. The van der Waals surface area contributed by atoms with E-state index in [0.29, 0.717) is 12.8 Å². The number of hydrogen-bond acceptors (Lipinski definition) is 3. The van der Waals surface area contributed by atoms with E-state index in [1.807, 2.05) is 0 Å². The number of carbonyl (C=O) groups excluding carboxylic acids is 1. The van der Waals surface area contributed by atoms with Gasteiger partial charge < -0.3 is 4.74 Å². The topological polar surface area (TPSA) is 43.4 Å². The zero-order valence-corrected chi connectivity index (χ0v) is 13.2. The fourth-order valence-corrected chi connectivity index (χ4v) is 5.74. The number of benzene rings is 1. The minimum atomic E-state index is -4.83. The summed E-state index contributed by atoms with van der Waals surface area (Å²) in [6.45, 7) is 0. The summed E-state index contributed by atoms with van der Waals surface area (Å²) in [5.41, 5.74) is -0.0411. The van der Waals surface area contributed by atoms with Gasteiger partial charge in [-0.25, -0.2) is 0 Å². The molecule has 1 aromatic rings. The quantitative estimate of drug-likeness (QED) is 0.781. The molecule has 2 saturated heterocycles. The molecule has 2 aliphatic rings. The van der Waals surface area contributed by atoms with Crippen LogP contribution >= 0.6 is 0 Å². The number of carbonyl (C=O) groups is 1. The van der Waals surface area contributed by atoms with Crippen LogP contribution in [0.15, 0.2) is 24.3 Å². The smallest absolute Gasteiger partial charge is 0.405 e. The lowest BCUT2D eigenvalue weighted by atomic mass is 9.84. The second-order valence-corrected chi connectivity index (χ2v) is 8.07. The Bertz CT molecular complexity index is 613. The number of ketones is 1. The third-order valence-electron chi connectivity index (χ3n) is 4.55. The molecular weight excluding hydrogens is 329 g/mol. The molecule has 3 nitrogen and oxygen atoms in total. The number of hydrogen-bond donors (Lipinski definition) is 0. The van der Waals surface area contributed by atoms with Crippen molar-refractivity contribution < 1.29 is 26.9 Å². The molecule has 0 N–H and O–H groups in total. The van der Waals surface area contributed by atoms with Gasteiger partial charge in [0.15, 0.2) is 5.78 Å². The summed E-state index contributed by atoms with van der Waals surface area (Å²) >= 11 is 0. The first-order valence-electron chi connectivity index (χ1n) is 7.63. The number of alkyl halides is 3. The average Bonchev–Trinajstić information content (AvgIpc) is 2.45. The minimum Gasteiger partial charge on any atom is -0.405 e. The molecule has 0 aliphatic carbocycles. The van der Waals surface area contributed by atoms with Gasteiger partial charge in [0.2, 0.25) is 0 Å². The number of Topliss-reactive ketones (excluding diaryl/α,β-unsaturated/α-hetero) is 1. The van der Waals surface area contributed by atoms with Crippen LogP contribution in [0, 0.1) is 5.92 Å². The van der Waals surface area contributed by atoms with Gasteiger partial charge in [0.05, 0.1) is 5.56 Å². The maximum atomic E-state index is 12.7. The van der Waals surface area contributed by atoms with Crippen molar-refractivity contribution in [3.05, 3.63) is 29.8 Å². The van der Waals surface area contributed by atoms with Crippen molar-refractivity contribution in [1.82, 2.24) is 0 Å². The summed E-state index contributed by atoms with van der Waals surface area (Å²) in [4.78, 5) is 12.7. The molecule has 2 aliphatic heterocycles. The van der Waals surface area contributed by atoms with Crippen molar-refractivity contribution in [1.29, 1.82) is 0 Å². The minimum absolute atomic E-state index is 0.00727. The van der Waals surface area contributed by atoms with Crippen molar-refractivity contribution in [3.8, 4) is 5.75 Å². The Morgan fingerprint density at radius 1 is 1.13 bits per heavy atom. The van der Waals surface area contributed by atoms with Gasteiger partial charge in [-0.15, -0.1) is 13.2 Å². The van der Waals surface area contributed by atoms with E-state index in [1.165, 1.54) is 18.2 Å². The van der Waals surface area contributed by atoms with Gasteiger partial charge in [0.1, 0.15) is 5.75 Å². The molecular formula is C16H17F3O3S. The SMILES string of the molecule is O=C(c1ccccc1OC(F)(F)F)C1CC2CCCC(C1)S2=O. The molecule has 2 atom stereocenters. The van der Waals surface area contributed by atoms with E-state index in [9.17, 15) is 22.2 Å². The molecule has 3 rings (SSSR count). The van der Waals surface area contributed by atoms with Gasteiger partial charge in [-0.05, 0) is 37.8 Å². The molecule has 2 unspecified atom stereocenters. The largest absolute Gasteiger partial charge is 0.573 e. The summed E-state index contributed by atoms with van der Waals surface area (Å²) in [5.74, 6) is -1.17. The van der Waals surface area contributed by atoms with Crippen molar-refractivity contribution in [2.75, 3.05) is 0 Å². The van der Waals surface area contributed by atoms with E-state index in [2.05, 4.69) is 4.74 Å². The number of rotatable bonds is 3. The average molecular weight is 346 g/mol. The molecule has 0 radical (unpaired) electrons. The van der Waals surface area contributed by atoms with Crippen molar-refractivity contribution in [3.63, 3.8) is 0 Å². The zero-order valence-electron chi connectivity index (χ0n) is 12.3. The van der Waals surface area contributed by atoms with Crippen LogP contribution in [0.1, 0.15) is 42.5 Å². The highest BCUT2D eigenvalue weighted by molar-refractivity contribution is 7.86. The Balaban J connectivity index is 1.82.